The van der Waals surface area contributed by atoms with Gasteiger partial charge >= 0.3 is 5.97 Å². The molecule has 0 fully saturated rings. The number of benzene rings is 1. The molecule has 2 atom stereocenters. The Kier molecular flexibility index (Phi) is 4.50. The van der Waals surface area contributed by atoms with Crippen molar-refractivity contribution in [2.75, 3.05) is 0 Å². The predicted octanol–water partition coefficient (Wildman–Crippen LogP) is 3.54. The Labute approximate surface area is 130 Å². The van der Waals surface area contributed by atoms with E-state index >= 15 is 0 Å². The van der Waals surface area contributed by atoms with Gasteiger partial charge in [-0.2, -0.15) is 0 Å². The number of ketones is 1. The second kappa shape index (κ2) is 6.18. The van der Waals surface area contributed by atoms with Crippen LogP contribution in [0.25, 0.3) is 0 Å². The molecule has 1 aliphatic rings. The lowest BCUT2D eigenvalue weighted by Gasteiger charge is -2.24. The highest BCUT2D eigenvalue weighted by Gasteiger charge is 2.43. The van der Waals surface area contributed by atoms with Crippen LogP contribution in [0.4, 0.5) is 0 Å². The molecule has 1 N–H and O–H groups in total. The van der Waals surface area contributed by atoms with E-state index in [1.54, 1.807) is 6.92 Å². The zero-order valence-corrected chi connectivity index (χ0v) is 12.8. The van der Waals surface area contributed by atoms with Crippen LogP contribution in [0.5, 0.6) is 0 Å². The number of hydrogen-bond acceptors (Lipinski definition) is 3. The summed E-state index contributed by atoms with van der Waals surface area (Å²) in [6, 6.07) is 7.52. The van der Waals surface area contributed by atoms with Crippen molar-refractivity contribution in [2.45, 2.75) is 38.2 Å². The number of ether oxygens (including phenoxy) is 1. The molecular weight excluding hydrogens is 280 g/mol. The number of allylic oxidation sites excluding steroid dienone is 1. The number of rotatable bonds is 6. The molecule has 2 unspecified atom stereocenters. The third kappa shape index (κ3) is 2.82. The molecule has 0 saturated carbocycles. The standard InChI is InChI=1S/C18H20O4/c1-4-6-12(5-2)13-7-9-14(10-8-13)18(3)16(19)11-15(22-18)17(20)21/h5,7-12H,2,4,6H2,1,3H3,(H,20,21). The number of carboxylic acid groups (broad SMARTS) is 1. The number of hydrogen-bond donors (Lipinski definition) is 1. The summed E-state index contributed by atoms with van der Waals surface area (Å²) >= 11 is 0. The molecule has 22 heavy (non-hydrogen) atoms. The van der Waals surface area contributed by atoms with Gasteiger partial charge in [0.1, 0.15) is 0 Å². The van der Waals surface area contributed by atoms with E-state index < -0.39 is 11.6 Å². The van der Waals surface area contributed by atoms with Crippen molar-refractivity contribution in [3.63, 3.8) is 0 Å². The van der Waals surface area contributed by atoms with Crippen LogP contribution < -0.4 is 0 Å². The van der Waals surface area contributed by atoms with Crippen LogP contribution in [-0.2, 0) is 19.9 Å². The van der Waals surface area contributed by atoms with Gasteiger partial charge in [0.2, 0.25) is 11.5 Å². The molecular formula is C18H20O4. The van der Waals surface area contributed by atoms with Crippen LogP contribution in [0.1, 0.15) is 43.7 Å². The van der Waals surface area contributed by atoms with E-state index in [9.17, 15) is 9.59 Å². The maximum atomic E-state index is 12.1. The van der Waals surface area contributed by atoms with Crippen molar-refractivity contribution in [1.29, 1.82) is 0 Å². The highest BCUT2D eigenvalue weighted by Crippen LogP contribution is 2.35. The van der Waals surface area contributed by atoms with E-state index in [4.69, 9.17) is 9.84 Å². The Balaban J connectivity index is 2.26. The van der Waals surface area contributed by atoms with Crippen LogP contribution in [0.3, 0.4) is 0 Å². The first-order valence-electron chi connectivity index (χ1n) is 7.33. The predicted molar refractivity (Wildman–Crippen MR) is 83.5 cm³/mol. The van der Waals surface area contributed by atoms with E-state index in [2.05, 4.69) is 13.5 Å². The van der Waals surface area contributed by atoms with E-state index in [0.717, 1.165) is 24.5 Å². The maximum absolute atomic E-state index is 12.1. The molecule has 1 aliphatic heterocycles. The summed E-state index contributed by atoms with van der Waals surface area (Å²) < 4.78 is 5.37. The van der Waals surface area contributed by atoms with Crippen LogP contribution in [-0.4, -0.2) is 16.9 Å². The Morgan fingerprint density at radius 1 is 1.41 bits per heavy atom. The second-order valence-corrected chi connectivity index (χ2v) is 5.57. The third-order valence-electron chi connectivity index (χ3n) is 4.03. The number of carbonyl (C=O) groups excluding carboxylic acids is 1. The molecule has 0 radical (unpaired) electrons. The van der Waals surface area contributed by atoms with Crippen LogP contribution in [0, 0.1) is 0 Å². The van der Waals surface area contributed by atoms with Crippen molar-refractivity contribution in [1.82, 2.24) is 0 Å². The average Bonchev–Trinajstić information content (AvgIpc) is 2.82. The van der Waals surface area contributed by atoms with Gasteiger partial charge in [0.25, 0.3) is 0 Å². The Hall–Kier alpha value is -2.36. The molecule has 0 saturated heterocycles. The minimum Gasteiger partial charge on any atom is -0.475 e. The van der Waals surface area contributed by atoms with Crippen molar-refractivity contribution < 1.29 is 19.4 Å². The summed E-state index contributed by atoms with van der Waals surface area (Å²) in [5.41, 5.74) is 0.509. The van der Waals surface area contributed by atoms with E-state index in [-0.39, 0.29) is 17.5 Å². The van der Waals surface area contributed by atoms with Crippen molar-refractivity contribution in [3.05, 3.63) is 59.9 Å². The molecule has 2 rings (SSSR count). The molecule has 116 valence electrons. The molecule has 0 spiro atoms. The van der Waals surface area contributed by atoms with Gasteiger partial charge in [-0.15, -0.1) is 6.58 Å². The fraction of sp³-hybridized carbons (Fsp3) is 0.333. The minimum atomic E-state index is -1.26. The Bertz CT molecular complexity index is 627. The molecule has 4 nitrogen and oxygen atoms in total. The average molecular weight is 300 g/mol. The topological polar surface area (TPSA) is 63.6 Å². The Morgan fingerprint density at radius 3 is 2.50 bits per heavy atom. The van der Waals surface area contributed by atoms with Gasteiger partial charge in [0.05, 0.1) is 0 Å². The Morgan fingerprint density at radius 2 is 2.05 bits per heavy atom. The molecule has 1 aromatic carbocycles. The fourth-order valence-corrected chi connectivity index (χ4v) is 2.64. The lowest BCUT2D eigenvalue weighted by molar-refractivity contribution is -0.141. The number of carboxylic acids is 1. The fourth-order valence-electron chi connectivity index (χ4n) is 2.64. The first-order valence-corrected chi connectivity index (χ1v) is 7.33. The highest BCUT2D eigenvalue weighted by molar-refractivity contribution is 6.05. The van der Waals surface area contributed by atoms with E-state index in [1.807, 2.05) is 30.3 Å². The molecule has 0 aromatic heterocycles. The summed E-state index contributed by atoms with van der Waals surface area (Å²) in [6.07, 6.45) is 5.03. The SMILES string of the molecule is C=CC(CCC)c1ccc(C2(C)OC(C(=O)O)=CC2=O)cc1. The van der Waals surface area contributed by atoms with Gasteiger partial charge < -0.3 is 9.84 Å². The summed E-state index contributed by atoms with van der Waals surface area (Å²) in [5.74, 6) is -1.62. The summed E-state index contributed by atoms with van der Waals surface area (Å²) in [5, 5.41) is 8.96. The zero-order valence-electron chi connectivity index (χ0n) is 12.8. The lowest BCUT2D eigenvalue weighted by atomic mass is 9.88. The van der Waals surface area contributed by atoms with Crippen molar-refractivity contribution in [3.8, 4) is 0 Å². The third-order valence-corrected chi connectivity index (χ3v) is 4.03. The zero-order chi connectivity index (χ0) is 16.3. The van der Waals surface area contributed by atoms with Crippen molar-refractivity contribution >= 4 is 11.8 Å². The van der Waals surface area contributed by atoms with Gasteiger partial charge in [-0.25, -0.2) is 4.79 Å². The van der Waals surface area contributed by atoms with Gasteiger partial charge in [-0.3, -0.25) is 4.79 Å². The van der Waals surface area contributed by atoms with E-state index in [1.165, 1.54) is 0 Å². The molecule has 0 bridgehead atoms. The molecule has 1 heterocycles. The summed E-state index contributed by atoms with van der Waals surface area (Å²) in [6.45, 7) is 7.57. The summed E-state index contributed by atoms with van der Waals surface area (Å²) in [4.78, 5) is 23.1. The van der Waals surface area contributed by atoms with Crippen LogP contribution in [0.15, 0.2) is 48.8 Å². The monoisotopic (exact) mass is 300 g/mol. The molecule has 1 aromatic rings. The quantitative estimate of drug-likeness (QED) is 0.816. The largest absolute Gasteiger partial charge is 0.475 e. The van der Waals surface area contributed by atoms with Gasteiger partial charge in [0, 0.05) is 17.6 Å². The van der Waals surface area contributed by atoms with Crippen LogP contribution in [0.2, 0.25) is 0 Å². The van der Waals surface area contributed by atoms with Crippen LogP contribution >= 0.6 is 0 Å². The van der Waals surface area contributed by atoms with Gasteiger partial charge in [0.15, 0.2) is 5.60 Å². The van der Waals surface area contributed by atoms with Gasteiger partial charge in [-0.1, -0.05) is 43.7 Å². The first-order chi connectivity index (χ1) is 10.4. The van der Waals surface area contributed by atoms with Gasteiger partial charge in [-0.05, 0) is 18.9 Å². The van der Waals surface area contributed by atoms with E-state index in [0.29, 0.717) is 5.56 Å². The lowest BCUT2D eigenvalue weighted by Crippen LogP contribution is -2.30. The summed E-state index contributed by atoms with van der Waals surface area (Å²) in [7, 11) is 0. The number of aliphatic carboxylic acids is 1. The first kappa shape index (κ1) is 16.0. The highest BCUT2D eigenvalue weighted by atomic mass is 16.5. The number of carbonyl (C=O) groups is 2. The van der Waals surface area contributed by atoms with Crippen molar-refractivity contribution in [2.24, 2.45) is 0 Å². The smallest absolute Gasteiger partial charge is 0.371 e. The second-order valence-electron chi connectivity index (χ2n) is 5.57. The normalized spacial score (nSPS) is 21.9. The molecule has 4 heteroatoms. The molecule has 0 amide bonds. The minimum absolute atomic E-state index is 0.278. The maximum Gasteiger partial charge on any atom is 0.371 e. The molecule has 0 aliphatic carbocycles.